The molecule has 0 fully saturated rings. The number of thiazole rings is 2. The number of nitrogens with one attached hydrogen (secondary N) is 2. The van der Waals surface area contributed by atoms with Crippen LogP contribution in [0.4, 0.5) is 23.4 Å². The number of benzene rings is 1. The van der Waals surface area contributed by atoms with Gasteiger partial charge in [-0.3, -0.25) is 14.9 Å². The molecule has 2 heterocycles. The van der Waals surface area contributed by atoms with Crippen LogP contribution in [0.2, 0.25) is 5.02 Å². The number of aromatic nitrogens is 2. The normalized spacial score (nSPS) is 11.3. The lowest BCUT2D eigenvalue weighted by molar-refractivity contribution is -0.137. The highest BCUT2D eigenvalue weighted by Gasteiger charge is 2.31. The number of rotatable bonds is 5. The summed E-state index contributed by atoms with van der Waals surface area (Å²) in [4.78, 5) is 31.9. The van der Waals surface area contributed by atoms with Gasteiger partial charge < -0.3 is 5.32 Å². The highest BCUT2D eigenvalue weighted by molar-refractivity contribution is 7.15. The van der Waals surface area contributed by atoms with E-state index < -0.39 is 17.6 Å². The predicted octanol–water partition coefficient (Wildman–Crippen LogP) is 5.07. The van der Waals surface area contributed by atoms with E-state index in [1.54, 1.807) is 0 Å². The first kappa shape index (κ1) is 21.2. The van der Waals surface area contributed by atoms with Gasteiger partial charge in [0.1, 0.15) is 5.69 Å². The summed E-state index contributed by atoms with van der Waals surface area (Å²) in [7, 11) is 0. The Labute approximate surface area is 175 Å². The van der Waals surface area contributed by atoms with Crippen LogP contribution in [0.5, 0.6) is 0 Å². The summed E-state index contributed by atoms with van der Waals surface area (Å²) in [5.74, 6) is -0.819. The summed E-state index contributed by atoms with van der Waals surface area (Å²) >= 11 is 8.23. The lowest BCUT2D eigenvalue weighted by Crippen LogP contribution is -2.12. The molecule has 12 heteroatoms. The Bertz CT molecular complexity index is 1070. The lowest BCUT2D eigenvalue weighted by Gasteiger charge is -2.09. The van der Waals surface area contributed by atoms with Crippen molar-refractivity contribution >= 4 is 56.4 Å². The summed E-state index contributed by atoms with van der Waals surface area (Å²) < 4.78 is 38.7. The SMILES string of the molecule is CC(=O)Nc1nc(C(=O)Nc2ncc(Cc3cc(C(F)(F)F)ccc3Cl)s2)cs1. The Balaban J connectivity index is 1.69. The fourth-order valence-electron chi connectivity index (χ4n) is 2.27. The van der Waals surface area contributed by atoms with Crippen molar-refractivity contribution in [3.63, 3.8) is 0 Å². The van der Waals surface area contributed by atoms with Crippen molar-refractivity contribution in [2.24, 2.45) is 0 Å². The van der Waals surface area contributed by atoms with Gasteiger partial charge in [-0.25, -0.2) is 9.97 Å². The number of hydrogen-bond acceptors (Lipinski definition) is 6. The van der Waals surface area contributed by atoms with Crippen molar-refractivity contribution in [3.05, 3.63) is 56.5 Å². The summed E-state index contributed by atoms with van der Waals surface area (Å²) in [5.41, 5.74) is -0.368. The highest BCUT2D eigenvalue weighted by atomic mass is 35.5. The van der Waals surface area contributed by atoms with E-state index in [0.29, 0.717) is 15.6 Å². The van der Waals surface area contributed by atoms with Crippen LogP contribution in [0.1, 0.15) is 33.4 Å². The van der Waals surface area contributed by atoms with Gasteiger partial charge >= 0.3 is 6.18 Å². The quantitative estimate of drug-likeness (QED) is 0.556. The first-order chi connectivity index (χ1) is 13.6. The molecule has 29 heavy (non-hydrogen) atoms. The number of alkyl halides is 3. The average molecular weight is 461 g/mol. The fraction of sp³-hybridized carbons (Fsp3) is 0.176. The molecule has 1 aromatic carbocycles. The van der Waals surface area contributed by atoms with Gasteiger partial charge in [0.15, 0.2) is 10.3 Å². The van der Waals surface area contributed by atoms with E-state index in [0.717, 1.165) is 34.8 Å². The van der Waals surface area contributed by atoms with E-state index in [2.05, 4.69) is 20.6 Å². The van der Waals surface area contributed by atoms with Crippen molar-refractivity contribution in [2.45, 2.75) is 19.5 Å². The molecule has 0 spiro atoms. The minimum atomic E-state index is -4.46. The maximum absolute atomic E-state index is 12.9. The monoisotopic (exact) mass is 460 g/mol. The molecule has 3 rings (SSSR count). The van der Waals surface area contributed by atoms with E-state index in [1.807, 2.05) is 0 Å². The predicted molar refractivity (Wildman–Crippen MR) is 106 cm³/mol. The second-order valence-electron chi connectivity index (χ2n) is 5.79. The molecule has 0 saturated heterocycles. The molecular formula is C17H12ClF3N4O2S2. The molecule has 2 aromatic heterocycles. The zero-order valence-corrected chi connectivity index (χ0v) is 17.0. The molecule has 152 valence electrons. The molecule has 2 N–H and O–H groups in total. The van der Waals surface area contributed by atoms with Crippen molar-refractivity contribution in [1.29, 1.82) is 0 Å². The number of nitrogens with zero attached hydrogens (tertiary/aromatic N) is 2. The topological polar surface area (TPSA) is 84.0 Å². The Morgan fingerprint density at radius 2 is 1.97 bits per heavy atom. The van der Waals surface area contributed by atoms with Crippen LogP contribution in [0.25, 0.3) is 0 Å². The third-order valence-corrected chi connectivity index (χ3v) is 5.57. The Kier molecular flexibility index (Phi) is 6.20. The number of halogens is 4. The maximum Gasteiger partial charge on any atom is 0.416 e. The highest BCUT2D eigenvalue weighted by Crippen LogP contribution is 2.33. The molecule has 0 radical (unpaired) electrons. The van der Waals surface area contributed by atoms with Gasteiger partial charge in [0.2, 0.25) is 5.91 Å². The van der Waals surface area contributed by atoms with Crippen molar-refractivity contribution in [3.8, 4) is 0 Å². The van der Waals surface area contributed by atoms with E-state index in [4.69, 9.17) is 11.6 Å². The summed E-state index contributed by atoms with van der Waals surface area (Å²) in [6, 6.07) is 3.13. The number of hydrogen-bond donors (Lipinski definition) is 2. The van der Waals surface area contributed by atoms with Crippen LogP contribution >= 0.6 is 34.3 Å². The molecule has 0 aliphatic heterocycles. The summed E-state index contributed by atoms with van der Waals surface area (Å²) in [6.45, 7) is 1.33. The average Bonchev–Trinajstić information content (AvgIpc) is 3.25. The van der Waals surface area contributed by atoms with E-state index in [9.17, 15) is 22.8 Å². The molecule has 0 unspecified atom stereocenters. The van der Waals surface area contributed by atoms with Crippen LogP contribution in [0.3, 0.4) is 0 Å². The second kappa shape index (κ2) is 8.47. The lowest BCUT2D eigenvalue weighted by atomic mass is 10.1. The van der Waals surface area contributed by atoms with Gasteiger partial charge in [-0.2, -0.15) is 13.2 Å². The van der Waals surface area contributed by atoms with Crippen LogP contribution in [-0.4, -0.2) is 21.8 Å². The zero-order chi connectivity index (χ0) is 21.2. The molecule has 3 aromatic rings. The number of carbonyl (C=O) groups is 2. The number of anilines is 2. The summed E-state index contributed by atoms with van der Waals surface area (Å²) in [5, 5.41) is 7.30. The van der Waals surface area contributed by atoms with Gasteiger partial charge in [-0.05, 0) is 23.8 Å². The van der Waals surface area contributed by atoms with Crippen LogP contribution in [-0.2, 0) is 17.4 Å². The minimum Gasteiger partial charge on any atom is -0.302 e. The fourth-order valence-corrected chi connectivity index (χ4v) is 4.02. The summed E-state index contributed by atoms with van der Waals surface area (Å²) in [6.07, 6.45) is -2.86. The van der Waals surface area contributed by atoms with Gasteiger partial charge in [-0.15, -0.1) is 22.7 Å². The number of carbonyl (C=O) groups excluding carboxylic acids is 2. The molecule has 0 atom stereocenters. The standard InChI is InChI=1S/C17H12ClF3N4O2S2/c1-8(26)23-16-24-13(7-28-16)14(27)25-15-22-6-11(29-15)5-9-4-10(17(19,20)21)2-3-12(9)18/h2-4,6-7H,5H2,1H3,(H,22,25,27)(H,23,24,26). The molecular weight excluding hydrogens is 449 g/mol. The first-order valence-electron chi connectivity index (χ1n) is 7.96. The third-order valence-electron chi connectivity index (χ3n) is 3.53. The van der Waals surface area contributed by atoms with Gasteiger partial charge in [-0.1, -0.05) is 11.6 Å². The molecule has 0 aliphatic rings. The Morgan fingerprint density at radius 1 is 1.21 bits per heavy atom. The Morgan fingerprint density at radius 3 is 2.66 bits per heavy atom. The van der Waals surface area contributed by atoms with E-state index in [1.165, 1.54) is 24.6 Å². The van der Waals surface area contributed by atoms with Crippen molar-refractivity contribution < 1.29 is 22.8 Å². The maximum atomic E-state index is 12.9. The minimum absolute atomic E-state index is 0.108. The largest absolute Gasteiger partial charge is 0.416 e. The van der Waals surface area contributed by atoms with Gasteiger partial charge in [0.25, 0.3) is 5.91 Å². The smallest absolute Gasteiger partial charge is 0.302 e. The van der Waals surface area contributed by atoms with Crippen LogP contribution < -0.4 is 10.6 Å². The van der Waals surface area contributed by atoms with Crippen LogP contribution in [0, 0.1) is 0 Å². The molecule has 0 saturated carbocycles. The number of amides is 2. The van der Waals surface area contributed by atoms with Gasteiger partial charge in [0.05, 0.1) is 5.56 Å². The Hall–Kier alpha value is -2.50. The van der Waals surface area contributed by atoms with Crippen LogP contribution in [0.15, 0.2) is 29.8 Å². The van der Waals surface area contributed by atoms with Gasteiger partial charge in [0, 0.05) is 34.8 Å². The first-order valence-corrected chi connectivity index (χ1v) is 10.0. The molecule has 2 amide bonds. The molecule has 0 bridgehead atoms. The van der Waals surface area contributed by atoms with Crippen molar-refractivity contribution in [1.82, 2.24) is 9.97 Å². The molecule has 6 nitrogen and oxygen atoms in total. The second-order valence-corrected chi connectivity index (χ2v) is 8.17. The zero-order valence-electron chi connectivity index (χ0n) is 14.6. The van der Waals surface area contributed by atoms with E-state index >= 15 is 0 Å². The third kappa shape index (κ3) is 5.52. The van der Waals surface area contributed by atoms with E-state index in [-0.39, 0.29) is 28.2 Å². The van der Waals surface area contributed by atoms with Crippen molar-refractivity contribution in [2.75, 3.05) is 10.6 Å². The molecule has 0 aliphatic carbocycles.